The van der Waals surface area contributed by atoms with Crippen molar-refractivity contribution in [1.82, 2.24) is 4.90 Å². The van der Waals surface area contributed by atoms with Crippen LogP contribution in [-0.4, -0.2) is 60.1 Å². The van der Waals surface area contributed by atoms with Gasteiger partial charge in [0.2, 0.25) is 0 Å². The Labute approximate surface area is 108 Å². The van der Waals surface area contributed by atoms with Gasteiger partial charge in [0.25, 0.3) is 0 Å². The predicted octanol–water partition coefficient (Wildman–Crippen LogP) is 0.332. The lowest BCUT2D eigenvalue weighted by atomic mass is 10.1. The van der Waals surface area contributed by atoms with E-state index in [2.05, 4.69) is 0 Å². The van der Waals surface area contributed by atoms with Crippen LogP contribution in [0.25, 0.3) is 0 Å². The van der Waals surface area contributed by atoms with Gasteiger partial charge in [-0.25, -0.2) is 4.79 Å². The highest BCUT2D eigenvalue weighted by Crippen LogP contribution is 2.14. The molecule has 0 spiro atoms. The molecule has 0 aromatic carbocycles. The Hall–Kier alpha value is -0.850. The highest BCUT2D eigenvalue weighted by atomic mass is 16.6. The number of nitrogens with zero attached hydrogens (tertiary/aromatic N) is 1. The highest BCUT2D eigenvalue weighted by Gasteiger charge is 2.30. The minimum Gasteiger partial charge on any atom is -0.444 e. The fraction of sp³-hybridized carbons (Fsp3) is 0.917. The van der Waals surface area contributed by atoms with Gasteiger partial charge in [0.1, 0.15) is 5.60 Å². The number of aliphatic hydroxyl groups excluding tert-OH is 1. The van der Waals surface area contributed by atoms with Crippen molar-refractivity contribution in [2.24, 2.45) is 5.73 Å². The summed E-state index contributed by atoms with van der Waals surface area (Å²) in [6, 6.07) is -0.264. The van der Waals surface area contributed by atoms with Crippen LogP contribution in [0.2, 0.25) is 0 Å². The molecule has 3 N–H and O–H groups in total. The molecule has 1 rings (SSSR count). The first-order chi connectivity index (χ1) is 8.33. The lowest BCUT2D eigenvalue weighted by Gasteiger charge is -2.36. The third-order valence-corrected chi connectivity index (χ3v) is 2.69. The van der Waals surface area contributed by atoms with Gasteiger partial charge < -0.3 is 25.2 Å². The zero-order valence-corrected chi connectivity index (χ0v) is 11.4. The number of aliphatic hydroxyl groups is 1. The molecule has 18 heavy (non-hydrogen) atoms. The van der Waals surface area contributed by atoms with E-state index in [4.69, 9.17) is 20.3 Å². The van der Waals surface area contributed by atoms with E-state index in [1.165, 1.54) is 0 Å². The van der Waals surface area contributed by atoms with Crippen LogP contribution in [0, 0.1) is 0 Å². The predicted molar refractivity (Wildman–Crippen MR) is 67.2 cm³/mol. The normalized spacial score (nSPS) is 22.7. The van der Waals surface area contributed by atoms with Crippen molar-refractivity contribution in [3.8, 4) is 0 Å². The number of ether oxygens (including phenoxy) is 2. The van der Waals surface area contributed by atoms with Crippen LogP contribution in [0.5, 0.6) is 0 Å². The van der Waals surface area contributed by atoms with Crippen LogP contribution in [0.15, 0.2) is 0 Å². The summed E-state index contributed by atoms with van der Waals surface area (Å²) >= 11 is 0. The van der Waals surface area contributed by atoms with Gasteiger partial charge in [-0.05, 0) is 27.2 Å². The highest BCUT2D eigenvalue weighted by molar-refractivity contribution is 5.68. The number of rotatable bonds is 3. The fourth-order valence-corrected chi connectivity index (χ4v) is 1.76. The molecule has 1 heterocycles. The second-order valence-electron chi connectivity index (χ2n) is 5.51. The summed E-state index contributed by atoms with van der Waals surface area (Å²) in [6.07, 6.45) is -0.113. The molecular weight excluding hydrogens is 236 g/mol. The molecule has 106 valence electrons. The average molecular weight is 260 g/mol. The number of morpholine rings is 1. The zero-order chi connectivity index (χ0) is 13.8. The molecule has 2 atom stereocenters. The topological polar surface area (TPSA) is 85.0 Å². The van der Waals surface area contributed by atoms with Gasteiger partial charge in [-0.1, -0.05) is 0 Å². The van der Waals surface area contributed by atoms with Crippen LogP contribution < -0.4 is 5.73 Å². The monoisotopic (exact) mass is 260 g/mol. The van der Waals surface area contributed by atoms with Gasteiger partial charge in [-0.3, -0.25) is 0 Å². The van der Waals surface area contributed by atoms with Crippen LogP contribution in [0.1, 0.15) is 27.2 Å². The molecule has 6 nitrogen and oxygen atoms in total. The SMILES string of the molecule is CC(C)(C)OC(=O)N1CCOC(C(N)CCO)C1. The van der Waals surface area contributed by atoms with Crippen molar-refractivity contribution in [3.63, 3.8) is 0 Å². The fourth-order valence-electron chi connectivity index (χ4n) is 1.76. The Morgan fingerprint density at radius 1 is 1.61 bits per heavy atom. The molecule has 0 radical (unpaired) electrons. The summed E-state index contributed by atoms with van der Waals surface area (Å²) in [7, 11) is 0. The first-order valence-corrected chi connectivity index (χ1v) is 6.29. The van der Waals surface area contributed by atoms with Crippen LogP contribution in [0.4, 0.5) is 4.79 Å². The Morgan fingerprint density at radius 2 is 2.28 bits per heavy atom. The molecule has 1 aliphatic heterocycles. The van der Waals surface area contributed by atoms with Crippen LogP contribution >= 0.6 is 0 Å². The Morgan fingerprint density at radius 3 is 2.83 bits per heavy atom. The summed E-state index contributed by atoms with van der Waals surface area (Å²) in [4.78, 5) is 13.5. The number of hydrogen-bond donors (Lipinski definition) is 2. The molecule has 6 heteroatoms. The van der Waals surface area contributed by atoms with E-state index in [9.17, 15) is 4.79 Å². The summed E-state index contributed by atoms with van der Waals surface area (Å²) < 4.78 is 10.8. The third kappa shape index (κ3) is 4.80. The number of carbonyl (C=O) groups excluding carboxylic acids is 1. The third-order valence-electron chi connectivity index (χ3n) is 2.69. The smallest absolute Gasteiger partial charge is 0.410 e. The Kier molecular flexibility index (Phi) is 5.37. The van der Waals surface area contributed by atoms with Crippen molar-refractivity contribution in [3.05, 3.63) is 0 Å². The van der Waals surface area contributed by atoms with Crippen molar-refractivity contribution in [1.29, 1.82) is 0 Å². The van der Waals surface area contributed by atoms with E-state index in [0.29, 0.717) is 26.1 Å². The summed E-state index contributed by atoms with van der Waals surface area (Å²) in [5.41, 5.74) is 5.38. The zero-order valence-electron chi connectivity index (χ0n) is 11.4. The van der Waals surface area contributed by atoms with Gasteiger partial charge >= 0.3 is 6.09 Å². The summed E-state index contributed by atoms with van der Waals surface area (Å²) in [5.74, 6) is 0. The number of amides is 1. The van der Waals surface area contributed by atoms with E-state index < -0.39 is 5.60 Å². The van der Waals surface area contributed by atoms with E-state index >= 15 is 0 Å². The van der Waals surface area contributed by atoms with Crippen LogP contribution in [-0.2, 0) is 9.47 Å². The maximum Gasteiger partial charge on any atom is 0.410 e. The molecular formula is C12H24N2O4. The molecule has 1 saturated heterocycles. The summed E-state index contributed by atoms with van der Waals surface area (Å²) in [6.45, 7) is 6.89. The van der Waals surface area contributed by atoms with Gasteiger partial charge in [0.15, 0.2) is 0 Å². The largest absolute Gasteiger partial charge is 0.444 e. The quantitative estimate of drug-likeness (QED) is 0.764. The maximum absolute atomic E-state index is 11.9. The van der Waals surface area contributed by atoms with E-state index in [-0.39, 0.29) is 24.8 Å². The molecule has 1 aliphatic rings. The van der Waals surface area contributed by atoms with Crippen molar-refractivity contribution < 1.29 is 19.4 Å². The lowest BCUT2D eigenvalue weighted by Crippen LogP contribution is -2.53. The second kappa shape index (κ2) is 6.36. The Bertz CT molecular complexity index is 278. The van der Waals surface area contributed by atoms with E-state index in [1.807, 2.05) is 20.8 Å². The number of nitrogens with two attached hydrogens (primary N) is 1. The Balaban J connectivity index is 2.50. The van der Waals surface area contributed by atoms with Gasteiger partial charge in [-0.15, -0.1) is 0 Å². The minimum atomic E-state index is -0.502. The molecule has 1 fully saturated rings. The molecule has 0 aromatic heterocycles. The average Bonchev–Trinajstić information content (AvgIpc) is 2.27. The van der Waals surface area contributed by atoms with Crippen LogP contribution in [0.3, 0.4) is 0 Å². The number of hydrogen-bond acceptors (Lipinski definition) is 5. The first kappa shape index (κ1) is 15.2. The maximum atomic E-state index is 11.9. The van der Waals surface area contributed by atoms with Gasteiger partial charge in [0.05, 0.1) is 19.3 Å². The molecule has 0 aromatic rings. The van der Waals surface area contributed by atoms with Crippen molar-refractivity contribution in [2.75, 3.05) is 26.3 Å². The standard InChI is InChI=1S/C12H24N2O4/c1-12(2,3)18-11(16)14-5-7-17-10(8-14)9(13)4-6-15/h9-10,15H,4-8,13H2,1-3H3. The van der Waals surface area contributed by atoms with E-state index in [1.54, 1.807) is 4.90 Å². The van der Waals surface area contributed by atoms with Crippen molar-refractivity contribution >= 4 is 6.09 Å². The minimum absolute atomic E-state index is 0.0213. The summed E-state index contributed by atoms with van der Waals surface area (Å²) in [5, 5.41) is 8.85. The second-order valence-corrected chi connectivity index (χ2v) is 5.51. The molecule has 2 unspecified atom stereocenters. The molecule has 0 bridgehead atoms. The van der Waals surface area contributed by atoms with E-state index in [0.717, 1.165) is 0 Å². The first-order valence-electron chi connectivity index (χ1n) is 6.29. The van der Waals surface area contributed by atoms with Gasteiger partial charge in [-0.2, -0.15) is 0 Å². The van der Waals surface area contributed by atoms with Gasteiger partial charge in [0, 0.05) is 19.2 Å². The molecule has 1 amide bonds. The molecule has 0 aliphatic carbocycles. The van der Waals surface area contributed by atoms with Crippen molar-refractivity contribution in [2.45, 2.75) is 44.9 Å². The lowest BCUT2D eigenvalue weighted by molar-refractivity contribution is -0.0523. The number of carbonyl (C=O) groups is 1. The molecule has 0 saturated carbocycles.